The molecule has 3 N–H and O–H groups in total. The molecule has 1 amide bonds. The molecule has 3 nitrogen and oxygen atoms in total. The number of nitrogen functional groups attached to an aromatic ring is 1. The molecule has 1 aliphatic carbocycles. The fourth-order valence-corrected chi connectivity index (χ4v) is 2.74. The third kappa shape index (κ3) is 3.34. The van der Waals surface area contributed by atoms with E-state index in [4.69, 9.17) is 5.73 Å². The van der Waals surface area contributed by atoms with E-state index in [9.17, 15) is 4.79 Å². The van der Waals surface area contributed by atoms with Gasteiger partial charge in [-0.3, -0.25) is 4.79 Å². The Balaban J connectivity index is 1.92. The molecule has 1 saturated carbocycles. The highest BCUT2D eigenvalue weighted by Crippen LogP contribution is 2.24. The van der Waals surface area contributed by atoms with Crippen LogP contribution in [0.3, 0.4) is 0 Å². The third-order valence-corrected chi connectivity index (χ3v) is 4.22. The first-order valence-corrected chi connectivity index (χ1v) is 7.08. The largest absolute Gasteiger partial charge is 0.398 e. The molecule has 4 heteroatoms. The summed E-state index contributed by atoms with van der Waals surface area (Å²) in [6.07, 6.45) is 5.11. The molecular weight excluding hydrogens is 327 g/mol. The summed E-state index contributed by atoms with van der Waals surface area (Å²) in [5.41, 5.74) is 7.14. The zero-order chi connectivity index (χ0) is 12.3. The number of halogens is 1. The van der Waals surface area contributed by atoms with Crippen LogP contribution in [0.1, 0.15) is 36.0 Å². The molecule has 17 heavy (non-hydrogen) atoms. The quantitative estimate of drug-likeness (QED) is 0.654. The Morgan fingerprint density at radius 1 is 1.41 bits per heavy atom. The van der Waals surface area contributed by atoms with Crippen LogP contribution in [-0.4, -0.2) is 12.5 Å². The Bertz CT molecular complexity index is 414. The van der Waals surface area contributed by atoms with Gasteiger partial charge in [0.1, 0.15) is 0 Å². The topological polar surface area (TPSA) is 55.1 Å². The molecule has 1 aliphatic rings. The van der Waals surface area contributed by atoms with Crippen molar-refractivity contribution in [2.24, 2.45) is 5.92 Å². The van der Waals surface area contributed by atoms with Crippen molar-refractivity contribution in [1.82, 2.24) is 5.32 Å². The third-order valence-electron chi connectivity index (χ3n) is 3.29. The first kappa shape index (κ1) is 12.7. The number of amides is 1. The number of carbonyl (C=O) groups is 1. The molecule has 0 aromatic heterocycles. The standard InChI is InChI=1S/C13H17IN2O/c14-11-7-10(5-6-12(11)15)13(17)16-8-9-3-1-2-4-9/h5-7,9H,1-4,8,15H2,(H,16,17). The second-order valence-corrected chi connectivity index (χ2v) is 5.76. The van der Waals surface area contributed by atoms with E-state index in [1.54, 1.807) is 12.1 Å². The summed E-state index contributed by atoms with van der Waals surface area (Å²) in [7, 11) is 0. The van der Waals surface area contributed by atoms with E-state index in [0.717, 1.165) is 15.8 Å². The van der Waals surface area contributed by atoms with Crippen molar-refractivity contribution in [2.45, 2.75) is 25.7 Å². The van der Waals surface area contributed by atoms with Crippen LogP contribution in [0, 0.1) is 9.49 Å². The van der Waals surface area contributed by atoms with Gasteiger partial charge in [0.25, 0.3) is 5.91 Å². The predicted molar refractivity (Wildman–Crippen MR) is 77.9 cm³/mol. The van der Waals surface area contributed by atoms with Gasteiger partial charge < -0.3 is 11.1 Å². The minimum Gasteiger partial charge on any atom is -0.398 e. The molecule has 1 aromatic carbocycles. The number of carbonyl (C=O) groups excluding carboxylic acids is 1. The number of nitrogens with one attached hydrogen (secondary N) is 1. The molecule has 2 rings (SSSR count). The second-order valence-electron chi connectivity index (χ2n) is 4.60. The molecule has 0 bridgehead atoms. The number of hydrogen-bond acceptors (Lipinski definition) is 2. The van der Waals surface area contributed by atoms with Crippen molar-refractivity contribution in [3.05, 3.63) is 27.3 Å². The maximum absolute atomic E-state index is 11.9. The lowest BCUT2D eigenvalue weighted by atomic mass is 10.1. The van der Waals surface area contributed by atoms with Gasteiger partial charge in [-0.15, -0.1) is 0 Å². The summed E-state index contributed by atoms with van der Waals surface area (Å²) < 4.78 is 0.927. The Labute approximate surface area is 115 Å². The number of rotatable bonds is 3. The van der Waals surface area contributed by atoms with Gasteiger partial charge in [0.2, 0.25) is 0 Å². The number of benzene rings is 1. The van der Waals surface area contributed by atoms with Gasteiger partial charge in [-0.1, -0.05) is 12.8 Å². The molecule has 0 unspecified atom stereocenters. The fourth-order valence-electron chi connectivity index (χ4n) is 2.22. The predicted octanol–water partition coefficient (Wildman–Crippen LogP) is 2.79. The molecule has 0 heterocycles. The molecule has 0 spiro atoms. The van der Waals surface area contributed by atoms with E-state index in [0.29, 0.717) is 11.5 Å². The van der Waals surface area contributed by atoms with Gasteiger partial charge in [-0.2, -0.15) is 0 Å². The zero-order valence-corrected chi connectivity index (χ0v) is 11.9. The van der Waals surface area contributed by atoms with Crippen molar-refractivity contribution in [2.75, 3.05) is 12.3 Å². The number of anilines is 1. The van der Waals surface area contributed by atoms with Gasteiger partial charge >= 0.3 is 0 Å². The summed E-state index contributed by atoms with van der Waals surface area (Å²) in [5, 5.41) is 3.00. The van der Waals surface area contributed by atoms with Gasteiger partial charge in [0.05, 0.1) is 0 Å². The molecule has 1 fully saturated rings. The Morgan fingerprint density at radius 3 is 2.76 bits per heavy atom. The van der Waals surface area contributed by atoms with Gasteiger partial charge in [-0.05, 0) is 59.5 Å². The Morgan fingerprint density at radius 2 is 2.12 bits per heavy atom. The first-order valence-electron chi connectivity index (χ1n) is 6.00. The monoisotopic (exact) mass is 344 g/mol. The summed E-state index contributed by atoms with van der Waals surface area (Å²) in [6, 6.07) is 5.40. The summed E-state index contributed by atoms with van der Waals surface area (Å²) in [5.74, 6) is 0.682. The zero-order valence-electron chi connectivity index (χ0n) is 9.71. The summed E-state index contributed by atoms with van der Waals surface area (Å²) >= 11 is 2.14. The van der Waals surface area contributed by atoms with Gasteiger partial charge in [-0.25, -0.2) is 0 Å². The van der Waals surface area contributed by atoms with E-state index in [2.05, 4.69) is 27.9 Å². The van der Waals surface area contributed by atoms with Crippen molar-refractivity contribution in [3.8, 4) is 0 Å². The molecule has 0 radical (unpaired) electrons. The van der Waals surface area contributed by atoms with Crippen LogP contribution < -0.4 is 11.1 Å². The van der Waals surface area contributed by atoms with Gasteiger partial charge in [0.15, 0.2) is 0 Å². The minimum absolute atomic E-state index is 0.00909. The van der Waals surface area contributed by atoms with Crippen molar-refractivity contribution in [3.63, 3.8) is 0 Å². The van der Waals surface area contributed by atoms with Crippen LogP contribution in [0.15, 0.2) is 18.2 Å². The average molecular weight is 344 g/mol. The highest BCUT2D eigenvalue weighted by molar-refractivity contribution is 14.1. The van der Waals surface area contributed by atoms with Crippen LogP contribution in [0.4, 0.5) is 5.69 Å². The lowest BCUT2D eigenvalue weighted by Crippen LogP contribution is -2.28. The number of hydrogen-bond donors (Lipinski definition) is 2. The maximum atomic E-state index is 11.9. The van der Waals surface area contributed by atoms with E-state index in [-0.39, 0.29) is 5.91 Å². The highest BCUT2D eigenvalue weighted by Gasteiger charge is 2.16. The van der Waals surface area contributed by atoms with Crippen LogP contribution in [0.5, 0.6) is 0 Å². The van der Waals surface area contributed by atoms with E-state index < -0.39 is 0 Å². The molecule has 0 atom stereocenters. The van der Waals surface area contributed by atoms with E-state index in [1.165, 1.54) is 25.7 Å². The lowest BCUT2D eigenvalue weighted by Gasteiger charge is -2.11. The average Bonchev–Trinajstić information content (AvgIpc) is 2.82. The number of nitrogens with two attached hydrogens (primary N) is 1. The van der Waals surface area contributed by atoms with Crippen LogP contribution in [-0.2, 0) is 0 Å². The Kier molecular flexibility index (Phi) is 4.25. The van der Waals surface area contributed by atoms with Crippen LogP contribution in [0.2, 0.25) is 0 Å². The SMILES string of the molecule is Nc1ccc(C(=O)NCC2CCCC2)cc1I. The van der Waals surface area contributed by atoms with E-state index >= 15 is 0 Å². The minimum atomic E-state index is 0.00909. The molecule has 1 aromatic rings. The van der Waals surface area contributed by atoms with Crippen molar-refractivity contribution in [1.29, 1.82) is 0 Å². The normalized spacial score (nSPS) is 16.1. The smallest absolute Gasteiger partial charge is 0.251 e. The first-order chi connectivity index (χ1) is 8.16. The lowest BCUT2D eigenvalue weighted by molar-refractivity contribution is 0.0947. The van der Waals surface area contributed by atoms with Crippen molar-refractivity contribution >= 4 is 34.2 Å². The maximum Gasteiger partial charge on any atom is 0.251 e. The molecule has 92 valence electrons. The fraction of sp³-hybridized carbons (Fsp3) is 0.462. The summed E-state index contributed by atoms with van der Waals surface area (Å²) in [6.45, 7) is 0.805. The Hall–Kier alpha value is -0.780. The highest BCUT2D eigenvalue weighted by atomic mass is 127. The van der Waals surface area contributed by atoms with Gasteiger partial charge in [0, 0.05) is 21.4 Å². The van der Waals surface area contributed by atoms with Crippen LogP contribution in [0.25, 0.3) is 0 Å². The molecular formula is C13H17IN2O. The van der Waals surface area contributed by atoms with Crippen LogP contribution >= 0.6 is 22.6 Å². The second kappa shape index (κ2) is 5.71. The van der Waals surface area contributed by atoms with Crippen molar-refractivity contribution < 1.29 is 4.79 Å². The summed E-state index contributed by atoms with van der Waals surface area (Å²) in [4.78, 5) is 11.9. The molecule has 0 saturated heterocycles. The van der Waals surface area contributed by atoms with E-state index in [1.807, 2.05) is 6.07 Å². The molecule has 0 aliphatic heterocycles.